The van der Waals surface area contributed by atoms with Gasteiger partial charge in [-0.25, -0.2) is 0 Å². The van der Waals surface area contributed by atoms with Crippen molar-refractivity contribution in [3.8, 4) is 0 Å². The second-order valence-corrected chi connectivity index (χ2v) is 5.84. The van der Waals surface area contributed by atoms with Gasteiger partial charge in [-0.3, -0.25) is 9.59 Å². The molecule has 1 atom stereocenters. The van der Waals surface area contributed by atoms with Crippen LogP contribution in [0, 0.1) is 19.8 Å². The van der Waals surface area contributed by atoms with Gasteiger partial charge in [-0.2, -0.15) is 0 Å². The number of nitrogens with one attached hydrogen (secondary N) is 1. The van der Waals surface area contributed by atoms with Gasteiger partial charge in [0.25, 0.3) is 0 Å². The number of rotatable bonds is 7. The van der Waals surface area contributed by atoms with Crippen LogP contribution in [0.2, 0.25) is 0 Å². The van der Waals surface area contributed by atoms with E-state index in [0.717, 1.165) is 11.1 Å². The third-order valence-corrected chi connectivity index (χ3v) is 3.69. The molecule has 4 heteroatoms. The quantitative estimate of drug-likeness (QED) is 0.758. The van der Waals surface area contributed by atoms with E-state index >= 15 is 0 Å². The fraction of sp³-hybridized carbons (Fsp3) is 0.529. The molecular formula is C17H25NO3. The maximum Gasteiger partial charge on any atom is 0.220 e. The Bertz CT molecular complexity index is 509. The molecule has 0 spiro atoms. The van der Waals surface area contributed by atoms with E-state index in [1.54, 1.807) is 6.07 Å². The SMILES string of the molecule is Cc1ccc(C(=O)CCC(=O)NCC(O)C(C)C)cc1C. The number of hydrogen-bond acceptors (Lipinski definition) is 3. The first-order chi connectivity index (χ1) is 9.81. The minimum absolute atomic E-state index is 0.0299. The minimum Gasteiger partial charge on any atom is -0.391 e. The molecule has 0 aromatic heterocycles. The molecule has 0 saturated heterocycles. The van der Waals surface area contributed by atoms with E-state index in [1.807, 2.05) is 39.8 Å². The summed E-state index contributed by atoms with van der Waals surface area (Å²) in [6.45, 7) is 7.97. The fourth-order valence-electron chi connectivity index (χ4n) is 1.83. The van der Waals surface area contributed by atoms with Crippen molar-refractivity contribution >= 4 is 11.7 Å². The van der Waals surface area contributed by atoms with E-state index in [0.29, 0.717) is 5.56 Å². The van der Waals surface area contributed by atoms with Crippen LogP contribution in [0.3, 0.4) is 0 Å². The monoisotopic (exact) mass is 291 g/mol. The lowest BCUT2D eigenvalue weighted by Gasteiger charge is -2.14. The van der Waals surface area contributed by atoms with Gasteiger partial charge in [0.15, 0.2) is 5.78 Å². The van der Waals surface area contributed by atoms with Crippen molar-refractivity contribution in [2.24, 2.45) is 5.92 Å². The summed E-state index contributed by atoms with van der Waals surface area (Å²) >= 11 is 0. The van der Waals surface area contributed by atoms with Gasteiger partial charge in [0.2, 0.25) is 5.91 Å². The Kier molecular flexibility index (Phi) is 6.56. The summed E-state index contributed by atoms with van der Waals surface area (Å²) in [5, 5.41) is 12.3. The number of Topliss-reactive ketones (excluding diaryl/α,β-unsaturated/α-hetero) is 1. The molecule has 0 saturated carbocycles. The molecule has 1 aromatic carbocycles. The summed E-state index contributed by atoms with van der Waals surface area (Å²) in [6.07, 6.45) is -0.215. The number of carbonyl (C=O) groups excluding carboxylic acids is 2. The number of benzene rings is 1. The zero-order valence-electron chi connectivity index (χ0n) is 13.3. The van der Waals surface area contributed by atoms with Gasteiger partial charge in [-0.1, -0.05) is 26.0 Å². The standard InChI is InChI=1S/C17H25NO3/c1-11(2)16(20)10-18-17(21)8-7-15(19)14-6-5-12(3)13(4)9-14/h5-6,9,11,16,20H,7-8,10H2,1-4H3,(H,18,21). The molecule has 1 aromatic rings. The first-order valence-corrected chi connectivity index (χ1v) is 7.36. The van der Waals surface area contributed by atoms with Crippen molar-refractivity contribution in [2.45, 2.75) is 46.6 Å². The van der Waals surface area contributed by atoms with Crippen molar-refractivity contribution < 1.29 is 14.7 Å². The van der Waals surface area contributed by atoms with Gasteiger partial charge in [0.1, 0.15) is 0 Å². The lowest BCUT2D eigenvalue weighted by atomic mass is 10.0. The topological polar surface area (TPSA) is 66.4 Å². The van der Waals surface area contributed by atoms with Crippen molar-refractivity contribution in [2.75, 3.05) is 6.54 Å². The van der Waals surface area contributed by atoms with Crippen LogP contribution in [0.4, 0.5) is 0 Å². The maximum atomic E-state index is 12.0. The van der Waals surface area contributed by atoms with Crippen molar-refractivity contribution in [3.05, 3.63) is 34.9 Å². The number of aliphatic hydroxyl groups excluding tert-OH is 1. The molecule has 0 radical (unpaired) electrons. The second kappa shape index (κ2) is 7.93. The zero-order valence-corrected chi connectivity index (χ0v) is 13.3. The number of amides is 1. The third kappa shape index (κ3) is 5.68. The van der Waals surface area contributed by atoms with E-state index in [-0.39, 0.29) is 37.0 Å². The molecule has 1 amide bonds. The molecule has 0 fully saturated rings. The van der Waals surface area contributed by atoms with E-state index in [4.69, 9.17) is 0 Å². The number of aliphatic hydroxyl groups is 1. The average molecular weight is 291 g/mol. The van der Waals surface area contributed by atoms with Gasteiger partial charge in [0.05, 0.1) is 6.10 Å². The summed E-state index contributed by atoms with van der Waals surface area (Å²) < 4.78 is 0. The molecular weight excluding hydrogens is 266 g/mol. The first-order valence-electron chi connectivity index (χ1n) is 7.36. The van der Waals surface area contributed by atoms with Crippen molar-refractivity contribution in [1.82, 2.24) is 5.32 Å². The average Bonchev–Trinajstić information content (AvgIpc) is 2.44. The van der Waals surface area contributed by atoms with Gasteiger partial charge in [-0.15, -0.1) is 0 Å². The van der Waals surface area contributed by atoms with E-state index in [9.17, 15) is 14.7 Å². The Labute approximate surface area is 126 Å². The van der Waals surface area contributed by atoms with Gasteiger partial charge in [0, 0.05) is 24.9 Å². The first kappa shape index (κ1) is 17.4. The molecule has 0 aliphatic heterocycles. The van der Waals surface area contributed by atoms with Crippen LogP contribution >= 0.6 is 0 Å². The normalized spacial score (nSPS) is 12.3. The van der Waals surface area contributed by atoms with Crippen LogP contribution in [-0.4, -0.2) is 29.4 Å². The molecule has 1 rings (SSSR count). The van der Waals surface area contributed by atoms with Crippen LogP contribution in [0.1, 0.15) is 48.2 Å². The smallest absolute Gasteiger partial charge is 0.220 e. The summed E-state index contributed by atoms with van der Waals surface area (Å²) in [5.41, 5.74) is 2.87. The fourth-order valence-corrected chi connectivity index (χ4v) is 1.83. The molecule has 0 aliphatic rings. The Balaban J connectivity index is 2.42. The van der Waals surface area contributed by atoms with Gasteiger partial charge in [-0.05, 0) is 37.0 Å². The lowest BCUT2D eigenvalue weighted by Crippen LogP contribution is -2.34. The Morgan fingerprint density at radius 2 is 1.81 bits per heavy atom. The van der Waals surface area contributed by atoms with Gasteiger partial charge >= 0.3 is 0 Å². The minimum atomic E-state index is -0.551. The predicted octanol–water partition coefficient (Wildman–Crippen LogP) is 2.40. The zero-order chi connectivity index (χ0) is 16.0. The van der Waals surface area contributed by atoms with E-state index < -0.39 is 6.10 Å². The highest BCUT2D eigenvalue weighted by molar-refractivity contribution is 5.98. The van der Waals surface area contributed by atoms with Crippen LogP contribution in [-0.2, 0) is 4.79 Å². The van der Waals surface area contributed by atoms with Crippen molar-refractivity contribution in [1.29, 1.82) is 0 Å². The maximum absolute atomic E-state index is 12.0. The summed E-state index contributed by atoms with van der Waals surface area (Å²) in [4.78, 5) is 23.7. The molecule has 0 heterocycles. The predicted molar refractivity (Wildman–Crippen MR) is 83.3 cm³/mol. The Morgan fingerprint density at radius 1 is 1.14 bits per heavy atom. The molecule has 4 nitrogen and oxygen atoms in total. The molecule has 0 aliphatic carbocycles. The lowest BCUT2D eigenvalue weighted by molar-refractivity contribution is -0.121. The highest BCUT2D eigenvalue weighted by Gasteiger charge is 2.13. The molecule has 116 valence electrons. The summed E-state index contributed by atoms with van der Waals surface area (Å²) in [6, 6.07) is 5.57. The summed E-state index contributed by atoms with van der Waals surface area (Å²) in [7, 11) is 0. The molecule has 21 heavy (non-hydrogen) atoms. The Morgan fingerprint density at radius 3 is 2.38 bits per heavy atom. The van der Waals surface area contributed by atoms with E-state index in [2.05, 4.69) is 5.32 Å². The Hall–Kier alpha value is -1.68. The van der Waals surface area contributed by atoms with Gasteiger partial charge < -0.3 is 10.4 Å². The molecule has 0 bridgehead atoms. The number of aryl methyl sites for hydroxylation is 2. The van der Waals surface area contributed by atoms with Crippen LogP contribution in [0.5, 0.6) is 0 Å². The number of hydrogen-bond donors (Lipinski definition) is 2. The highest BCUT2D eigenvalue weighted by atomic mass is 16.3. The van der Waals surface area contributed by atoms with Crippen LogP contribution in [0.25, 0.3) is 0 Å². The molecule has 1 unspecified atom stereocenters. The van der Waals surface area contributed by atoms with Crippen molar-refractivity contribution in [3.63, 3.8) is 0 Å². The third-order valence-electron chi connectivity index (χ3n) is 3.69. The second-order valence-electron chi connectivity index (χ2n) is 5.84. The number of carbonyl (C=O) groups is 2. The number of ketones is 1. The van der Waals surface area contributed by atoms with E-state index in [1.165, 1.54) is 0 Å². The highest BCUT2D eigenvalue weighted by Crippen LogP contribution is 2.12. The van der Waals surface area contributed by atoms with Crippen LogP contribution < -0.4 is 5.32 Å². The largest absolute Gasteiger partial charge is 0.391 e. The van der Waals surface area contributed by atoms with Crippen LogP contribution in [0.15, 0.2) is 18.2 Å². The molecule has 2 N–H and O–H groups in total. The summed E-state index contributed by atoms with van der Waals surface area (Å²) in [5.74, 6) is -0.132.